The largest absolute Gasteiger partial charge is 0.375 e. The van der Waals surface area contributed by atoms with E-state index in [4.69, 9.17) is 4.74 Å². The molecular formula is C12H20N2O3S. The second-order valence-electron chi connectivity index (χ2n) is 4.89. The molecule has 2 amide bonds. The van der Waals surface area contributed by atoms with Crippen molar-refractivity contribution in [3.8, 4) is 0 Å². The number of carbonyl (C=O) groups is 2. The van der Waals surface area contributed by atoms with Gasteiger partial charge in [-0.05, 0) is 13.8 Å². The van der Waals surface area contributed by atoms with E-state index in [1.54, 1.807) is 4.90 Å². The zero-order chi connectivity index (χ0) is 13.1. The Balaban J connectivity index is 1.81. The molecule has 2 aliphatic heterocycles. The highest BCUT2D eigenvalue weighted by atomic mass is 32.2. The van der Waals surface area contributed by atoms with E-state index < -0.39 is 0 Å². The molecule has 2 atom stereocenters. The van der Waals surface area contributed by atoms with Gasteiger partial charge in [-0.3, -0.25) is 9.59 Å². The number of amides is 2. The van der Waals surface area contributed by atoms with Crippen LogP contribution in [-0.2, 0) is 9.53 Å². The van der Waals surface area contributed by atoms with Crippen molar-refractivity contribution < 1.29 is 14.3 Å². The molecule has 0 bridgehead atoms. The van der Waals surface area contributed by atoms with Gasteiger partial charge in [0.05, 0.1) is 18.8 Å². The normalized spacial score (nSPS) is 28.9. The van der Waals surface area contributed by atoms with Crippen molar-refractivity contribution in [3.63, 3.8) is 0 Å². The van der Waals surface area contributed by atoms with Gasteiger partial charge in [-0.25, -0.2) is 0 Å². The highest BCUT2D eigenvalue weighted by molar-refractivity contribution is 8.13. The molecule has 0 radical (unpaired) electrons. The van der Waals surface area contributed by atoms with Gasteiger partial charge >= 0.3 is 0 Å². The van der Waals surface area contributed by atoms with E-state index in [1.165, 1.54) is 11.8 Å². The third kappa shape index (κ3) is 3.17. The lowest BCUT2D eigenvalue weighted by Gasteiger charge is -2.37. The predicted molar refractivity (Wildman–Crippen MR) is 70.6 cm³/mol. The topological polar surface area (TPSA) is 49.9 Å². The zero-order valence-electron chi connectivity index (χ0n) is 10.9. The molecule has 2 rings (SSSR count). The summed E-state index contributed by atoms with van der Waals surface area (Å²) in [5.74, 6) is 0.972. The fraction of sp³-hybridized carbons (Fsp3) is 0.833. The lowest BCUT2D eigenvalue weighted by molar-refractivity contribution is -0.143. The molecule has 0 saturated carbocycles. The number of carbonyl (C=O) groups excluding carboxylic acids is 2. The quantitative estimate of drug-likeness (QED) is 0.774. The van der Waals surface area contributed by atoms with Crippen molar-refractivity contribution in [1.82, 2.24) is 9.80 Å². The molecule has 0 spiro atoms. The molecule has 2 heterocycles. The van der Waals surface area contributed by atoms with Crippen LogP contribution in [0.3, 0.4) is 0 Å². The van der Waals surface area contributed by atoms with Crippen LogP contribution >= 0.6 is 11.8 Å². The lowest BCUT2D eigenvalue weighted by atomic mass is 10.2. The smallest absolute Gasteiger partial charge is 0.281 e. The van der Waals surface area contributed by atoms with Crippen molar-refractivity contribution in [2.24, 2.45) is 0 Å². The Morgan fingerprint density at radius 2 is 2.28 bits per heavy atom. The Hall–Kier alpha value is -0.750. The van der Waals surface area contributed by atoms with Crippen molar-refractivity contribution in [3.05, 3.63) is 0 Å². The van der Waals surface area contributed by atoms with Gasteiger partial charge in [-0.1, -0.05) is 11.8 Å². The summed E-state index contributed by atoms with van der Waals surface area (Å²) in [5.41, 5.74) is 0. The maximum atomic E-state index is 12.1. The highest BCUT2D eigenvalue weighted by Crippen LogP contribution is 2.18. The van der Waals surface area contributed by atoms with Crippen LogP contribution in [0.4, 0.5) is 4.79 Å². The van der Waals surface area contributed by atoms with Crippen LogP contribution in [0.2, 0.25) is 0 Å². The SMILES string of the molecule is C[C@H]1CN(C(=O)CCN2CCSC2=O)[C@@H](C)CO1. The van der Waals surface area contributed by atoms with Crippen molar-refractivity contribution in [1.29, 1.82) is 0 Å². The van der Waals surface area contributed by atoms with Crippen LogP contribution in [0.5, 0.6) is 0 Å². The standard InChI is InChI=1S/C12H20N2O3S/c1-9-8-17-10(2)7-14(9)11(15)3-4-13-5-6-18-12(13)16/h9-10H,3-8H2,1-2H3/t9-,10-/m0/s1. The molecule has 18 heavy (non-hydrogen) atoms. The van der Waals surface area contributed by atoms with Crippen molar-refractivity contribution in [2.45, 2.75) is 32.4 Å². The summed E-state index contributed by atoms with van der Waals surface area (Å²) in [6.45, 7) is 6.55. The summed E-state index contributed by atoms with van der Waals surface area (Å²) in [6.07, 6.45) is 0.526. The maximum absolute atomic E-state index is 12.1. The van der Waals surface area contributed by atoms with Gasteiger partial charge in [0, 0.05) is 31.8 Å². The van der Waals surface area contributed by atoms with Gasteiger partial charge in [0.25, 0.3) is 5.24 Å². The molecule has 2 saturated heterocycles. The molecule has 0 aliphatic carbocycles. The lowest BCUT2D eigenvalue weighted by Crippen LogP contribution is -2.50. The van der Waals surface area contributed by atoms with Gasteiger partial charge < -0.3 is 14.5 Å². The first kappa shape index (κ1) is 13.7. The van der Waals surface area contributed by atoms with Crippen molar-refractivity contribution in [2.75, 3.05) is 32.0 Å². The van der Waals surface area contributed by atoms with Crippen molar-refractivity contribution >= 4 is 22.9 Å². The minimum atomic E-state index is 0.103. The molecule has 2 aliphatic rings. The van der Waals surface area contributed by atoms with Crippen LogP contribution in [0.15, 0.2) is 0 Å². The van der Waals surface area contributed by atoms with Gasteiger partial charge in [-0.2, -0.15) is 0 Å². The number of thioether (sulfide) groups is 1. The average Bonchev–Trinajstić information content (AvgIpc) is 2.75. The molecule has 2 fully saturated rings. The zero-order valence-corrected chi connectivity index (χ0v) is 11.7. The summed E-state index contributed by atoms with van der Waals surface area (Å²) in [7, 11) is 0. The van der Waals surface area contributed by atoms with E-state index in [1.807, 2.05) is 18.7 Å². The molecule has 0 unspecified atom stereocenters. The molecule has 6 heteroatoms. The number of hydrogen-bond donors (Lipinski definition) is 0. The minimum absolute atomic E-state index is 0.103. The summed E-state index contributed by atoms with van der Waals surface area (Å²) in [4.78, 5) is 27.2. The van der Waals surface area contributed by atoms with Crippen LogP contribution in [-0.4, -0.2) is 65.1 Å². The second kappa shape index (κ2) is 5.93. The van der Waals surface area contributed by atoms with Crippen LogP contribution in [0.1, 0.15) is 20.3 Å². The van der Waals surface area contributed by atoms with Crippen LogP contribution in [0, 0.1) is 0 Å². The number of hydrogen-bond acceptors (Lipinski definition) is 4. The number of nitrogens with zero attached hydrogens (tertiary/aromatic N) is 2. The number of morpholine rings is 1. The molecule has 0 aromatic carbocycles. The monoisotopic (exact) mass is 272 g/mol. The predicted octanol–water partition coefficient (Wildman–Crippen LogP) is 1.18. The first-order chi connectivity index (χ1) is 8.58. The Bertz CT molecular complexity index is 337. The third-order valence-electron chi connectivity index (χ3n) is 3.37. The van der Waals surface area contributed by atoms with E-state index in [0.29, 0.717) is 26.1 Å². The number of rotatable bonds is 3. The van der Waals surface area contributed by atoms with E-state index in [2.05, 4.69) is 0 Å². The summed E-state index contributed by atoms with van der Waals surface area (Å²) >= 11 is 1.34. The van der Waals surface area contributed by atoms with Gasteiger partial charge in [0.1, 0.15) is 0 Å². The van der Waals surface area contributed by atoms with Crippen LogP contribution < -0.4 is 0 Å². The van der Waals surface area contributed by atoms with Gasteiger partial charge in [-0.15, -0.1) is 0 Å². The molecule has 0 aromatic heterocycles. The Morgan fingerprint density at radius 3 is 2.94 bits per heavy atom. The van der Waals surface area contributed by atoms with Crippen LogP contribution in [0.25, 0.3) is 0 Å². The van der Waals surface area contributed by atoms with E-state index in [9.17, 15) is 9.59 Å². The molecule has 0 N–H and O–H groups in total. The number of ether oxygens (including phenoxy) is 1. The minimum Gasteiger partial charge on any atom is -0.375 e. The fourth-order valence-electron chi connectivity index (χ4n) is 2.25. The summed E-state index contributed by atoms with van der Waals surface area (Å²) in [5, 5.41) is 0.103. The Labute approximate surface area is 112 Å². The summed E-state index contributed by atoms with van der Waals surface area (Å²) < 4.78 is 5.50. The first-order valence-corrected chi connectivity index (χ1v) is 7.39. The first-order valence-electron chi connectivity index (χ1n) is 6.40. The molecular weight excluding hydrogens is 252 g/mol. The molecule has 102 valence electrons. The Morgan fingerprint density at radius 1 is 1.50 bits per heavy atom. The summed E-state index contributed by atoms with van der Waals surface area (Å²) in [6, 6.07) is 0.136. The van der Waals surface area contributed by atoms with E-state index in [0.717, 1.165) is 12.3 Å². The van der Waals surface area contributed by atoms with Gasteiger partial charge in [0.15, 0.2) is 0 Å². The Kier molecular flexibility index (Phi) is 4.50. The van der Waals surface area contributed by atoms with Gasteiger partial charge in [0.2, 0.25) is 5.91 Å². The third-order valence-corrected chi connectivity index (χ3v) is 4.26. The second-order valence-corrected chi connectivity index (χ2v) is 5.94. The maximum Gasteiger partial charge on any atom is 0.281 e. The molecule has 0 aromatic rings. The highest BCUT2D eigenvalue weighted by Gasteiger charge is 2.28. The molecule has 5 nitrogen and oxygen atoms in total. The van der Waals surface area contributed by atoms with E-state index >= 15 is 0 Å². The van der Waals surface area contributed by atoms with E-state index in [-0.39, 0.29) is 23.3 Å². The average molecular weight is 272 g/mol. The fourth-order valence-corrected chi connectivity index (χ4v) is 3.11.